The molecule has 0 spiro atoms. The number of carbonyl (C=O) groups is 1. The van der Waals surface area contributed by atoms with Crippen molar-refractivity contribution < 1.29 is 4.79 Å². The van der Waals surface area contributed by atoms with E-state index in [9.17, 15) is 4.79 Å². The highest BCUT2D eigenvalue weighted by atomic mass is 16.1. The lowest BCUT2D eigenvalue weighted by Gasteiger charge is -2.15. The van der Waals surface area contributed by atoms with E-state index in [0.29, 0.717) is 6.54 Å². The summed E-state index contributed by atoms with van der Waals surface area (Å²) in [5, 5.41) is 13.4. The van der Waals surface area contributed by atoms with Crippen molar-refractivity contribution in [3.8, 4) is 6.07 Å². The molecular formula is C18H21N3O. The molecule has 0 aliphatic carbocycles. The zero-order valence-electron chi connectivity index (χ0n) is 13.2. The lowest BCUT2D eigenvalue weighted by Crippen LogP contribution is -2.23. The van der Waals surface area contributed by atoms with Crippen LogP contribution in [0.5, 0.6) is 0 Å². The Kier molecular flexibility index (Phi) is 4.67. The van der Waals surface area contributed by atoms with Crippen LogP contribution in [0.2, 0.25) is 0 Å². The molecule has 0 saturated heterocycles. The molecule has 4 nitrogen and oxygen atoms in total. The molecule has 0 radical (unpaired) electrons. The predicted molar refractivity (Wildman–Crippen MR) is 88.2 cm³/mol. The van der Waals surface area contributed by atoms with Crippen LogP contribution in [0.4, 0.5) is 0 Å². The second-order valence-corrected chi connectivity index (χ2v) is 6.31. The van der Waals surface area contributed by atoms with Crippen molar-refractivity contribution >= 4 is 16.7 Å². The number of nitriles is 1. The van der Waals surface area contributed by atoms with Crippen LogP contribution in [0.25, 0.3) is 10.9 Å². The smallest absolute Gasteiger partial charge is 0.180 e. The third-order valence-corrected chi connectivity index (χ3v) is 3.51. The van der Waals surface area contributed by atoms with Crippen LogP contribution < -0.4 is 5.32 Å². The summed E-state index contributed by atoms with van der Waals surface area (Å²) >= 11 is 0. The number of hydrogen-bond donors (Lipinski definition) is 2. The number of aromatic amines is 1. The number of rotatable bonds is 5. The topological polar surface area (TPSA) is 68.7 Å². The summed E-state index contributed by atoms with van der Waals surface area (Å²) in [5.74, 6) is -0.144. The Morgan fingerprint density at radius 1 is 1.36 bits per heavy atom. The Morgan fingerprint density at radius 2 is 2.09 bits per heavy atom. The number of carbonyl (C=O) groups excluding carboxylic acids is 1. The summed E-state index contributed by atoms with van der Waals surface area (Å²) in [6, 6.07) is 10.1. The van der Waals surface area contributed by atoms with Crippen molar-refractivity contribution in [2.75, 3.05) is 6.54 Å². The summed E-state index contributed by atoms with van der Waals surface area (Å²) in [7, 11) is 0. The van der Waals surface area contributed by atoms with Gasteiger partial charge in [0.25, 0.3) is 0 Å². The van der Waals surface area contributed by atoms with E-state index in [4.69, 9.17) is 5.26 Å². The number of allylic oxidation sites excluding steroid dienone is 1. The van der Waals surface area contributed by atoms with Crippen molar-refractivity contribution in [1.82, 2.24) is 10.3 Å². The van der Waals surface area contributed by atoms with Crippen LogP contribution in [0, 0.1) is 16.7 Å². The molecule has 1 aromatic heterocycles. The Hall–Kier alpha value is -2.54. The van der Waals surface area contributed by atoms with Crippen LogP contribution in [0.1, 0.15) is 26.3 Å². The zero-order valence-corrected chi connectivity index (χ0v) is 13.2. The van der Waals surface area contributed by atoms with Gasteiger partial charge in [0.05, 0.1) is 0 Å². The molecule has 0 fully saturated rings. The molecule has 0 atom stereocenters. The van der Waals surface area contributed by atoms with E-state index in [0.717, 1.165) is 11.9 Å². The van der Waals surface area contributed by atoms with Gasteiger partial charge in [0.2, 0.25) is 0 Å². The van der Waals surface area contributed by atoms with E-state index >= 15 is 0 Å². The SMILES string of the molecule is CC(C)(C)C(=O)/C(C#N)=C\NCCc1c[nH]c2ccccc12. The second-order valence-electron chi connectivity index (χ2n) is 6.31. The predicted octanol–water partition coefficient (Wildman–Crippen LogP) is 3.32. The molecule has 1 heterocycles. The first-order chi connectivity index (χ1) is 10.4. The highest BCUT2D eigenvalue weighted by molar-refractivity contribution is 6.02. The standard InChI is InChI=1S/C18H21N3O/c1-18(2,3)17(22)14(10-19)11-20-9-8-13-12-21-16-7-5-4-6-15(13)16/h4-7,11-12,20-21H,8-9H2,1-3H3/b14-11-. The lowest BCUT2D eigenvalue weighted by atomic mass is 9.87. The van der Waals surface area contributed by atoms with Gasteiger partial charge in [-0.15, -0.1) is 0 Å². The van der Waals surface area contributed by atoms with E-state index < -0.39 is 5.41 Å². The van der Waals surface area contributed by atoms with Gasteiger partial charge >= 0.3 is 0 Å². The van der Waals surface area contributed by atoms with Crippen molar-refractivity contribution in [1.29, 1.82) is 5.26 Å². The molecular weight excluding hydrogens is 274 g/mol. The molecule has 114 valence electrons. The summed E-state index contributed by atoms with van der Waals surface area (Å²) in [5.41, 5.74) is 1.97. The lowest BCUT2D eigenvalue weighted by molar-refractivity contribution is -0.122. The van der Waals surface area contributed by atoms with Gasteiger partial charge in [-0.3, -0.25) is 4.79 Å². The van der Waals surface area contributed by atoms with Crippen molar-refractivity contribution in [2.24, 2.45) is 5.41 Å². The maximum absolute atomic E-state index is 12.1. The Morgan fingerprint density at radius 3 is 2.77 bits per heavy atom. The van der Waals surface area contributed by atoms with Gasteiger partial charge in [0.1, 0.15) is 11.6 Å². The molecule has 0 bridgehead atoms. The first-order valence-corrected chi connectivity index (χ1v) is 7.37. The Bertz CT molecular complexity index is 742. The molecule has 2 rings (SSSR count). The number of nitrogens with zero attached hydrogens (tertiary/aromatic N) is 1. The van der Waals surface area contributed by atoms with Crippen LogP contribution in [-0.4, -0.2) is 17.3 Å². The van der Waals surface area contributed by atoms with E-state index in [-0.39, 0.29) is 11.4 Å². The molecule has 0 amide bonds. The van der Waals surface area contributed by atoms with Gasteiger partial charge in [-0.1, -0.05) is 39.0 Å². The molecule has 4 heteroatoms. The normalized spacial score (nSPS) is 12.2. The van der Waals surface area contributed by atoms with Crippen molar-refractivity contribution in [3.05, 3.63) is 47.8 Å². The number of para-hydroxylation sites is 1. The average molecular weight is 295 g/mol. The third kappa shape index (κ3) is 3.56. The number of benzene rings is 1. The van der Waals surface area contributed by atoms with Crippen molar-refractivity contribution in [2.45, 2.75) is 27.2 Å². The number of H-pyrrole nitrogens is 1. The molecule has 0 unspecified atom stereocenters. The van der Waals surface area contributed by atoms with E-state index in [1.165, 1.54) is 17.1 Å². The average Bonchev–Trinajstić information content (AvgIpc) is 2.89. The van der Waals surface area contributed by atoms with E-state index in [1.807, 2.05) is 51.2 Å². The number of fused-ring (bicyclic) bond motifs is 1. The van der Waals surface area contributed by atoms with Crippen LogP contribution >= 0.6 is 0 Å². The monoisotopic (exact) mass is 295 g/mol. The fourth-order valence-electron chi connectivity index (χ4n) is 2.27. The number of Topliss-reactive ketones (excluding diaryl/α,β-unsaturated/α-hetero) is 1. The van der Waals surface area contributed by atoms with Crippen LogP contribution in [0.3, 0.4) is 0 Å². The molecule has 0 saturated carbocycles. The molecule has 0 aliphatic heterocycles. The number of ketones is 1. The first-order valence-electron chi connectivity index (χ1n) is 7.37. The zero-order chi connectivity index (χ0) is 16.2. The summed E-state index contributed by atoms with van der Waals surface area (Å²) < 4.78 is 0. The highest BCUT2D eigenvalue weighted by Crippen LogP contribution is 2.19. The van der Waals surface area contributed by atoms with Gasteiger partial charge < -0.3 is 10.3 Å². The largest absolute Gasteiger partial charge is 0.389 e. The summed E-state index contributed by atoms with van der Waals surface area (Å²) in [4.78, 5) is 15.3. The van der Waals surface area contributed by atoms with Gasteiger partial charge in [-0.25, -0.2) is 0 Å². The van der Waals surface area contributed by atoms with Gasteiger partial charge in [-0.2, -0.15) is 5.26 Å². The fourth-order valence-corrected chi connectivity index (χ4v) is 2.27. The number of nitrogens with one attached hydrogen (secondary N) is 2. The number of hydrogen-bond acceptors (Lipinski definition) is 3. The van der Waals surface area contributed by atoms with Crippen LogP contribution in [0.15, 0.2) is 42.2 Å². The molecule has 0 aliphatic rings. The van der Waals surface area contributed by atoms with Gasteiger partial charge in [0.15, 0.2) is 5.78 Å². The number of aromatic nitrogens is 1. The first kappa shape index (κ1) is 15.8. The minimum atomic E-state index is -0.542. The molecule has 2 aromatic rings. The third-order valence-electron chi connectivity index (χ3n) is 3.51. The fraction of sp³-hybridized carbons (Fsp3) is 0.333. The van der Waals surface area contributed by atoms with Crippen LogP contribution in [-0.2, 0) is 11.2 Å². The summed E-state index contributed by atoms with van der Waals surface area (Å²) in [6.45, 7) is 6.11. The quantitative estimate of drug-likeness (QED) is 0.505. The Balaban J connectivity index is 1.97. The van der Waals surface area contributed by atoms with Crippen molar-refractivity contribution in [3.63, 3.8) is 0 Å². The van der Waals surface area contributed by atoms with E-state index in [2.05, 4.69) is 16.4 Å². The second kappa shape index (κ2) is 6.48. The highest BCUT2D eigenvalue weighted by Gasteiger charge is 2.24. The molecule has 1 aromatic carbocycles. The minimum Gasteiger partial charge on any atom is -0.389 e. The minimum absolute atomic E-state index is 0.144. The molecule has 2 N–H and O–H groups in total. The van der Waals surface area contributed by atoms with E-state index in [1.54, 1.807) is 0 Å². The van der Waals surface area contributed by atoms with Gasteiger partial charge in [0, 0.05) is 35.3 Å². The molecule has 22 heavy (non-hydrogen) atoms. The maximum Gasteiger partial charge on any atom is 0.180 e. The maximum atomic E-state index is 12.1. The Labute approximate surface area is 130 Å². The summed E-state index contributed by atoms with van der Waals surface area (Å²) in [6.07, 6.45) is 4.35. The van der Waals surface area contributed by atoms with Gasteiger partial charge in [-0.05, 0) is 18.1 Å².